The van der Waals surface area contributed by atoms with Crippen molar-refractivity contribution >= 4 is 44.7 Å². The molecule has 0 bridgehead atoms. The largest absolute Gasteiger partial charge is 0.467 e. The number of nitrogens with two attached hydrogens (primary N) is 1. The third-order valence-electron chi connectivity index (χ3n) is 5.31. The number of hydrogen-bond acceptors (Lipinski definition) is 9. The van der Waals surface area contributed by atoms with Crippen molar-refractivity contribution in [2.75, 3.05) is 36.8 Å². The molecular formula is C25H38N4O8S. The molecule has 0 fully saturated rings. The molecule has 0 aliphatic carbocycles. The van der Waals surface area contributed by atoms with Crippen LogP contribution >= 0.6 is 0 Å². The summed E-state index contributed by atoms with van der Waals surface area (Å²) in [6, 6.07) is 5.04. The first kappa shape index (κ1) is 31.1. The molecule has 0 radical (unpaired) electrons. The van der Waals surface area contributed by atoms with Crippen LogP contribution in [0.2, 0.25) is 0 Å². The summed E-state index contributed by atoms with van der Waals surface area (Å²) >= 11 is 0. The van der Waals surface area contributed by atoms with Gasteiger partial charge >= 0.3 is 12.1 Å². The van der Waals surface area contributed by atoms with E-state index in [9.17, 15) is 18.0 Å². The van der Waals surface area contributed by atoms with E-state index in [1.54, 1.807) is 39.0 Å². The number of carbonyl (C=O) groups is 2. The molecule has 0 spiro atoms. The summed E-state index contributed by atoms with van der Waals surface area (Å²) in [6.45, 7) is 10.9. The van der Waals surface area contributed by atoms with Gasteiger partial charge in [-0.25, -0.2) is 24.0 Å². The van der Waals surface area contributed by atoms with Gasteiger partial charge in [-0.1, -0.05) is 13.8 Å². The van der Waals surface area contributed by atoms with Gasteiger partial charge in [-0.2, -0.15) is 8.42 Å². The summed E-state index contributed by atoms with van der Waals surface area (Å²) in [5.74, 6) is -0.117. The topological polar surface area (TPSA) is 151 Å². The SMILES string of the molecule is COCOc1cc2ccc(N(CCC(C)C)C(=O)OC(C)(C)C)nc2cc1N(C(C)C(=O)OC)S(N)(=O)=O. The van der Waals surface area contributed by atoms with Crippen LogP contribution in [-0.4, -0.2) is 64.7 Å². The van der Waals surface area contributed by atoms with Crippen LogP contribution in [0.3, 0.4) is 0 Å². The highest BCUT2D eigenvalue weighted by atomic mass is 32.2. The molecule has 1 atom stereocenters. The average Bonchev–Trinajstić information content (AvgIpc) is 2.80. The van der Waals surface area contributed by atoms with Crippen LogP contribution in [0.15, 0.2) is 24.3 Å². The van der Waals surface area contributed by atoms with Crippen molar-refractivity contribution in [3.8, 4) is 5.75 Å². The molecular weight excluding hydrogens is 516 g/mol. The van der Waals surface area contributed by atoms with Crippen LogP contribution in [0, 0.1) is 5.92 Å². The molecule has 38 heavy (non-hydrogen) atoms. The van der Waals surface area contributed by atoms with Crippen molar-refractivity contribution in [3.05, 3.63) is 24.3 Å². The van der Waals surface area contributed by atoms with Crippen LogP contribution in [-0.2, 0) is 29.2 Å². The number of methoxy groups -OCH3 is 2. The lowest BCUT2D eigenvalue weighted by molar-refractivity contribution is -0.141. The average molecular weight is 555 g/mol. The zero-order valence-corrected chi connectivity index (χ0v) is 24.0. The molecule has 2 aromatic rings. The molecule has 212 valence electrons. The van der Waals surface area contributed by atoms with Crippen molar-refractivity contribution in [3.63, 3.8) is 0 Å². The molecule has 1 heterocycles. The van der Waals surface area contributed by atoms with Gasteiger partial charge in [-0.05, 0) is 64.3 Å². The summed E-state index contributed by atoms with van der Waals surface area (Å²) in [6.07, 6.45) is 0.139. The van der Waals surface area contributed by atoms with Gasteiger partial charge < -0.3 is 18.9 Å². The maximum Gasteiger partial charge on any atom is 0.416 e. The van der Waals surface area contributed by atoms with E-state index in [2.05, 4.69) is 4.98 Å². The van der Waals surface area contributed by atoms with Gasteiger partial charge in [0.2, 0.25) is 0 Å². The smallest absolute Gasteiger partial charge is 0.416 e. The Kier molecular flexibility index (Phi) is 10.3. The first-order valence-corrected chi connectivity index (χ1v) is 13.6. The lowest BCUT2D eigenvalue weighted by Gasteiger charge is -2.29. The number of rotatable bonds is 11. The minimum absolute atomic E-state index is 0.0504. The van der Waals surface area contributed by atoms with Crippen molar-refractivity contribution in [1.82, 2.24) is 4.98 Å². The Hall–Kier alpha value is -3.16. The fourth-order valence-electron chi connectivity index (χ4n) is 3.53. The predicted molar refractivity (Wildman–Crippen MR) is 144 cm³/mol. The molecule has 1 aromatic carbocycles. The monoisotopic (exact) mass is 554 g/mol. The van der Waals surface area contributed by atoms with Gasteiger partial charge in [-0.3, -0.25) is 4.90 Å². The van der Waals surface area contributed by atoms with Crippen LogP contribution in [0.25, 0.3) is 10.9 Å². The van der Waals surface area contributed by atoms with Gasteiger partial charge in [0.1, 0.15) is 23.2 Å². The Morgan fingerprint density at radius 1 is 1.11 bits per heavy atom. The van der Waals surface area contributed by atoms with E-state index in [1.807, 2.05) is 13.8 Å². The Morgan fingerprint density at radius 2 is 1.76 bits per heavy atom. The van der Waals surface area contributed by atoms with Crippen LogP contribution in [0.5, 0.6) is 5.75 Å². The van der Waals surface area contributed by atoms with Gasteiger partial charge in [0.15, 0.2) is 6.79 Å². The Bertz CT molecular complexity index is 1240. The standard InChI is InChI=1S/C25H38N4O8S/c1-16(2)11-12-28(24(31)37-25(4,5)6)22-10-9-18-13-21(36-15-34-7)20(14-19(18)27-22)29(38(26,32)33)17(3)23(30)35-8/h9-10,13-14,16-17H,11-12,15H2,1-8H3,(H2,26,32,33). The normalized spacial score (nSPS) is 12.8. The van der Waals surface area contributed by atoms with E-state index in [0.29, 0.717) is 39.9 Å². The summed E-state index contributed by atoms with van der Waals surface area (Å²) in [5, 5.41) is 6.09. The second-order valence-corrected chi connectivity index (χ2v) is 11.5. The Morgan fingerprint density at radius 3 is 2.29 bits per heavy atom. The van der Waals surface area contributed by atoms with Gasteiger partial charge in [0, 0.05) is 19.0 Å². The fraction of sp³-hybridized carbons (Fsp3) is 0.560. The molecule has 1 aromatic heterocycles. The van der Waals surface area contributed by atoms with E-state index < -0.39 is 33.9 Å². The Balaban J connectivity index is 2.73. The van der Waals surface area contributed by atoms with Crippen LogP contribution in [0.1, 0.15) is 48.0 Å². The second kappa shape index (κ2) is 12.6. The summed E-state index contributed by atoms with van der Waals surface area (Å²) < 4.78 is 46.9. The van der Waals surface area contributed by atoms with Gasteiger partial charge in [0.05, 0.1) is 18.3 Å². The van der Waals surface area contributed by atoms with Crippen molar-refractivity contribution in [2.24, 2.45) is 11.1 Å². The molecule has 2 rings (SSSR count). The Labute approximate surface area is 224 Å². The van der Waals surface area contributed by atoms with Crippen molar-refractivity contribution in [2.45, 2.75) is 59.6 Å². The second-order valence-electron chi connectivity index (χ2n) is 10.1. The summed E-state index contributed by atoms with van der Waals surface area (Å²) in [5.41, 5.74) is -0.443. The number of nitrogens with zero attached hydrogens (tertiary/aromatic N) is 3. The number of hydrogen-bond donors (Lipinski definition) is 1. The lowest BCUT2D eigenvalue weighted by atomic mass is 10.1. The molecule has 0 aliphatic rings. The van der Waals surface area contributed by atoms with Crippen LogP contribution in [0.4, 0.5) is 16.3 Å². The number of esters is 1. The molecule has 12 nitrogen and oxygen atoms in total. The van der Waals surface area contributed by atoms with Crippen molar-refractivity contribution < 1.29 is 37.0 Å². The van der Waals surface area contributed by atoms with Gasteiger partial charge in [-0.15, -0.1) is 0 Å². The fourth-order valence-corrected chi connectivity index (χ4v) is 4.47. The first-order valence-electron chi connectivity index (χ1n) is 12.1. The number of benzene rings is 1. The first-order chi connectivity index (χ1) is 17.6. The number of anilines is 2. The highest BCUT2D eigenvalue weighted by Crippen LogP contribution is 2.36. The molecule has 0 saturated carbocycles. The van der Waals surface area contributed by atoms with E-state index in [1.165, 1.54) is 25.0 Å². The minimum Gasteiger partial charge on any atom is -0.467 e. The number of carbonyl (C=O) groups excluding carboxylic acids is 2. The predicted octanol–water partition coefficient (Wildman–Crippen LogP) is 3.58. The lowest BCUT2D eigenvalue weighted by Crippen LogP contribution is -2.47. The maximum atomic E-state index is 13.1. The third kappa shape index (κ3) is 8.17. The zero-order chi connectivity index (χ0) is 28.8. The summed E-state index contributed by atoms with van der Waals surface area (Å²) in [4.78, 5) is 31.4. The minimum atomic E-state index is -4.47. The van der Waals surface area contributed by atoms with Gasteiger partial charge in [0.25, 0.3) is 10.2 Å². The number of amides is 1. The number of ether oxygens (including phenoxy) is 4. The van der Waals surface area contributed by atoms with E-state index >= 15 is 0 Å². The molecule has 1 unspecified atom stereocenters. The number of fused-ring (bicyclic) bond motifs is 1. The van der Waals surface area contributed by atoms with Crippen LogP contribution < -0.4 is 19.1 Å². The zero-order valence-electron chi connectivity index (χ0n) is 23.2. The van der Waals surface area contributed by atoms with E-state index in [-0.39, 0.29) is 18.2 Å². The quantitative estimate of drug-likeness (QED) is 0.325. The highest BCUT2D eigenvalue weighted by Gasteiger charge is 2.33. The molecule has 13 heteroatoms. The number of aromatic nitrogens is 1. The molecule has 1 amide bonds. The molecule has 2 N–H and O–H groups in total. The maximum absolute atomic E-state index is 13.1. The van der Waals surface area contributed by atoms with E-state index in [4.69, 9.17) is 24.1 Å². The number of pyridine rings is 1. The molecule has 0 aliphatic heterocycles. The molecule has 0 saturated heterocycles. The highest BCUT2D eigenvalue weighted by molar-refractivity contribution is 7.90. The van der Waals surface area contributed by atoms with E-state index in [0.717, 1.165) is 7.11 Å². The third-order valence-corrected chi connectivity index (χ3v) is 6.37. The summed E-state index contributed by atoms with van der Waals surface area (Å²) in [7, 11) is -1.92. The van der Waals surface area contributed by atoms with Crippen molar-refractivity contribution in [1.29, 1.82) is 0 Å².